The molecule has 0 amide bonds. The van der Waals surface area contributed by atoms with Crippen molar-refractivity contribution in [2.75, 3.05) is 0 Å². The van der Waals surface area contributed by atoms with Gasteiger partial charge in [-0.15, -0.1) is 0 Å². The Bertz CT molecular complexity index is 438. The molecule has 0 radical (unpaired) electrons. The van der Waals surface area contributed by atoms with Gasteiger partial charge in [-0.05, 0) is 24.7 Å². The van der Waals surface area contributed by atoms with Crippen molar-refractivity contribution < 1.29 is 19.8 Å². The molecule has 21 heavy (non-hydrogen) atoms. The van der Waals surface area contributed by atoms with Crippen LogP contribution in [0, 0.1) is 27.6 Å². The monoisotopic (exact) mass is 297 g/mol. The minimum Gasteiger partial charge on any atom is -0.481 e. The smallest absolute Gasteiger partial charge is 0.325 e. The minimum absolute atomic E-state index is 0.117. The van der Waals surface area contributed by atoms with Gasteiger partial charge in [0.05, 0.1) is 11.5 Å². The van der Waals surface area contributed by atoms with Gasteiger partial charge in [0.1, 0.15) is 0 Å². The van der Waals surface area contributed by atoms with Crippen molar-refractivity contribution in [1.29, 1.82) is 5.26 Å². The zero-order valence-electron chi connectivity index (χ0n) is 13.7. The van der Waals surface area contributed by atoms with Crippen LogP contribution in [0.15, 0.2) is 0 Å². The summed E-state index contributed by atoms with van der Waals surface area (Å²) < 4.78 is 0. The molecule has 0 bridgehead atoms. The van der Waals surface area contributed by atoms with E-state index in [1.54, 1.807) is 27.7 Å². The van der Waals surface area contributed by atoms with E-state index in [4.69, 9.17) is 0 Å². The van der Waals surface area contributed by atoms with E-state index in [0.29, 0.717) is 12.8 Å². The molecule has 0 spiro atoms. The maximum absolute atomic E-state index is 12.0. The number of rotatable bonds is 9. The predicted octanol–water partition coefficient (Wildman–Crippen LogP) is 3.69. The fraction of sp³-hybridized carbons (Fsp3) is 0.812. The molecule has 0 aromatic rings. The van der Waals surface area contributed by atoms with Crippen molar-refractivity contribution >= 4 is 11.9 Å². The van der Waals surface area contributed by atoms with E-state index in [2.05, 4.69) is 0 Å². The minimum atomic E-state index is -1.95. The summed E-state index contributed by atoms with van der Waals surface area (Å²) in [7, 11) is 0. The first-order chi connectivity index (χ1) is 9.63. The van der Waals surface area contributed by atoms with Gasteiger partial charge in [0, 0.05) is 0 Å². The van der Waals surface area contributed by atoms with E-state index in [-0.39, 0.29) is 12.8 Å². The SMILES string of the molecule is CCCCC(CC)(C(=O)O)C(C#N)(C(=O)O)C(C)(C)CC. The highest BCUT2D eigenvalue weighted by molar-refractivity contribution is 5.90. The molecule has 0 aliphatic heterocycles. The van der Waals surface area contributed by atoms with Gasteiger partial charge in [-0.2, -0.15) is 5.26 Å². The second-order valence-electron chi connectivity index (χ2n) is 6.25. The van der Waals surface area contributed by atoms with Crippen LogP contribution in [-0.4, -0.2) is 22.2 Å². The number of carboxylic acids is 2. The molecule has 0 saturated carbocycles. The third kappa shape index (κ3) is 2.76. The van der Waals surface area contributed by atoms with Gasteiger partial charge in [-0.1, -0.05) is 47.5 Å². The number of unbranched alkanes of at least 4 members (excludes halogenated alkanes) is 1. The molecule has 2 atom stereocenters. The van der Waals surface area contributed by atoms with Gasteiger partial charge >= 0.3 is 11.9 Å². The molecule has 0 rings (SSSR count). The van der Waals surface area contributed by atoms with E-state index in [1.165, 1.54) is 0 Å². The maximum Gasteiger partial charge on any atom is 0.325 e. The standard InChI is InChI=1S/C16H27NO4/c1-6-9-10-15(8-3,12(18)19)16(11-17,13(20)21)14(4,5)7-2/h6-10H2,1-5H3,(H,18,19)(H,20,21). The van der Waals surface area contributed by atoms with Crippen LogP contribution >= 0.6 is 0 Å². The Kier molecular flexibility index (Phi) is 6.41. The Balaban J connectivity index is 6.50. The molecule has 2 N–H and O–H groups in total. The molecular formula is C16H27NO4. The highest BCUT2D eigenvalue weighted by atomic mass is 16.4. The number of carboxylic acid groups (broad SMARTS) is 2. The molecule has 120 valence electrons. The number of aliphatic carboxylic acids is 2. The van der Waals surface area contributed by atoms with Crippen LogP contribution in [0.1, 0.15) is 66.7 Å². The topological polar surface area (TPSA) is 98.4 Å². The number of nitrogens with zero attached hydrogens (tertiary/aromatic N) is 1. The number of carbonyl (C=O) groups is 2. The summed E-state index contributed by atoms with van der Waals surface area (Å²) in [6.45, 7) is 8.71. The molecule has 0 aromatic heterocycles. The lowest BCUT2D eigenvalue weighted by atomic mass is 9.49. The molecule has 0 fully saturated rings. The van der Waals surface area contributed by atoms with Crippen LogP contribution in [0.4, 0.5) is 0 Å². The van der Waals surface area contributed by atoms with Gasteiger partial charge < -0.3 is 10.2 Å². The summed E-state index contributed by atoms with van der Waals surface area (Å²) in [6.07, 6.45) is 2.05. The Morgan fingerprint density at radius 3 is 1.81 bits per heavy atom. The second kappa shape index (κ2) is 6.93. The fourth-order valence-corrected chi connectivity index (χ4v) is 3.24. The van der Waals surface area contributed by atoms with Crippen LogP contribution in [0.25, 0.3) is 0 Å². The summed E-state index contributed by atoms with van der Waals surface area (Å²) in [4.78, 5) is 24.1. The zero-order valence-corrected chi connectivity index (χ0v) is 13.7. The molecule has 0 heterocycles. The number of hydrogen-bond acceptors (Lipinski definition) is 3. The van der Waals surface area contributed by atoms with Crippen molar-refractivity contribution in [2.24, 2.45) is 16.2 Å². The van der Waals surface area contributed by atoms with E-state index >= 15 is 0 Å². The van der Waals surface area contributed by atoms with Gasteiger partial charge in [0.2, 0.25) is 0 Å². The Morgan fingerprint density at radius 2 is 1.57 bits per heavy atom. The van der Waals surface area contributed by atoms with Crippen molar-refractivity contribution in [3.63, 3.8) is 0 Å². The van der Waals surface area contributed by atoms with Crippen LogP contribution in [0.2, 0.25) is 0 Å². The Labute approximate surface area is 127 Å². The summed E-state index contributed by atoms with van der Waals surface area (Å²) >= 11 is 0. The van der Waals surface area contributed by atoms with Crippen molar-refractivity contribution in [3.05, 3.63) is 0 Å². The molecule has 0 aliphatic rings. The van der Waals surface area contributed by atoms with Crippen LogP contribution in [-0.2, 0) is 9.59 Å². The van der Waals surface area contributed by atoms with Crippen LogP contribution in [0.3, 0.4) is 0 Å². The lowest BCUT2D eigenvalue weighted by molar-refractivity contribution is -0.181. The molecule has 0 aromatic carbocycles. The number of nitriles is 1. The molecule has 0 aliphatic carbocycles. The van der Waals surface area contributed by atoms with Gasteiger partial charge in [0.25, 0.3) is 0 Å². The Morgan fingerprint density at radius 1 is 1.05 bits per heavy atom. The lowest BCUT2D eigenvalue weighted by Crippen LogP contribution is -2.59. The molecule has 5 heteroatoms. The molecule has 5 nitrogen and oxygen atoms in total. The first-order valence-electron chi connectivity index (χ1n) is 7.51. The van der Waals surface area contributed by atoms with Gasteiger partial charge in [0.15, 0.2) is 5.41 Å². The first kappa shape index (κ1) is 19.4. The van der Waals surface area contributed by atoms with Crippen molar-refractivity contribution in [1.82, 2.24) is 0 Å². The second-order valence-corrected chi connectivity index (χ2v) is 6.25. The quantitative estimate of drug-likeness (QED) is 0.676. The third-order valence-corrected chi connectivity index (χ3v) is 5.08. The largest absolute Gasteiger partial charge is 0.481 e. The fourth-order valence-electron chi connectivity index (χ4n) is 3.24. The summed E-state index contributed by atoms with van der Waals surface area (Å²) in [6, 6.07) is 1.91. The molecule has 0 saturated heterocycles. The van der Waals surface area contributed by atoms with Crippen molar-refractivity contribution in [2.45, 2.75) is 66.7 Å². The highest BCUT2D eigenvalue weighted by Crippen LogP contribution is 2.57. The number of hydrogen-bond donors (Lipinski definition) is 2. The van der Waals surface area contributed by atoms with Crippen molar-refractivity contribution in [3.8, 4) is 6.07 Å². The maximum atomic E-state index is 12.0. The van der Waals surface area contributed by atoms with E-state index in [9.17, 15) is 25.1 Å². The third-order valence-electron chi connectivity index (χ3n) is 5.08. The summed E-state index contributed by atoms with van der Waals surface area (Å²) in [5.74, 6) is -2.53. The van der Waals surface area contributed by atoms with Crippen LogP contribution in [0.5, 0.6) is 0 Å². The van der Waals surface area contributed by atoms with E-state index < -0.39 is 28.2 Å². The summed E-state index contributed by atoms with van der Waals surface area (Å²) in [5.41, 5.74) is -4.48. The summed E-state index contributed by atoms with van der Waals surface area (Å²) in [5, 5.41) is 29.4. The van der Waals surface area contributed by atoms with Crippen LogP contribution < -0.4 is 0 Å². The van der Waals surface area contributed by atoms with E-state index in [1.807, 2.05) is 13.0 Å². The average molecular weight is 297 g/mol. The van der Waals surface area contributed by atoms with Gasteiger partial charge in [-0.3, -0.25) is 9.59 Å². The first-order valence-corrected chi connectivity index (χ1v) is 7.51. The molecule has 2 unspecified atom stereocenters. The van der Waals surface area contributed by atoms with E-state index in [0.717, 1.165) is 6.42 Å². The predicted molar refractivity (Wildman–Crippen MR) is 79.6 cm³/mol. The Hall–Kier alpha value is -1.57. The normalized spacial score (nSPS) is 17.3. The highest BCUT2D eigenvalue weighted by Gasteiger charge is 2.67. The van der Waals surface area contributed by atoms with Gasteiger partial charge in [-0.25, -0.2) is 0 Å². The zero-order chi connectivity index (χ0) is 16.9. The lowest BCUT2D eigenvalue weighted by Gasteiger charge is -2.49. The molecular weight excluding hydrogens is 270 g/mol. The average Bonchev–Trinajstić information content (AvgIpc) is 2.42.